The number of aliphatic hydroxyl groups excluding tert-OH is 1. The Hall–Kier alpha value is -3.04. The molecule has 1 saturated carbocycles. The Kier molecular flexibility index (Phi) is 7.33. The molecule has 1 fully saturated rings. The van der Waals surface area contributed by atoms with Gasteiger partial charge in [0.1, 0.15) is 17.3 Å². The van der Waals surface area contributed by atoms with Crippen LogP contribution in [0.25, 0.3) is 5.65 Å². The van der Waals surface area contributed by atoms with Crippen molar-refractivity contribution in [1.29, 1.82) is 0 Å². The van der Waals surface area contributed by atoms with Gasteiger partial charge in [-0.3, -0.25) is 9.59 Å². The number of ether oxygens (including phenoxy) is 1. The fourth-order valence-corrected chi connectivity index (χ4v) is 4.99. The summed E-state index contributed by atoms with van der Waals surface area (Å²) in [7, 11) is 0. The van der Waals surface area contributed by atoms with Crippen LogP contribution >= 0.6 is 11.6 Å². The lowest BCUT2D eigenvalue weighted by Crippen LogP contribution is -2.36. The number of hydrogen-bond acceptors (Lipinski definition) is 6. The molecule has 0 atom stereocenters. The standard InChI is InChI=1S/C25H26ClFN4O4.CH4/c1-13-23(26)14(2)31-24(28-13)20-11-30(12-21(20)29-31)25(34)19-4-3-16(27)10-22(19)35-18-8-15(9-18)7-17(33)5-6-32;/h3-4,10,15,18,32H,5-9,11-12H2,1-2H3;1H4. The van der Waals surface area contributed by atoms with E-state index in [0.29, 0.717) is 48.7 Å². The number of Topliss-reactive ketones (excluding diaryl/α,β-unsaturated/α-hetero) is 1. The van der Waals surface area contributed by atoms with E-state index in [9.17, 15) is 14.0 Å². The molecule has 8 nitrogen and oxygen atoms in total. The minimum Gasteiger partial charge on any atom is -0.489 e. The van der Waals surface area contributed by atoms with Gasteiger partial charge in [-0.15, -0.1) is 0 Å². The molecule has 3 heterocycles. The molecule has 3 aromatic rings. The zero-order valence-electron chi connectivity index (χ0n) is 19.6. The Morgan fingerprint density at radius 1 is 1.25 bits per heavy atom. The first kappa shape index (κ1) is 26.0. The lowest BCUT2D eigenvalue weighted by molar-refractivity contribution is -0.121. The van der Waals surface area contributed by atoms with Gasteiger partial charge in [-0.2, -0.15) is 5.10 Å². The molecule has 0 radical (unpaired) electrons. The van der Waals surface area contributed by atoms with Gasteiger partial charge < -0.3 is 14.7 Å². The van der Waals surface area contributed by atoms with Crippen LogP contribution in [-0.4, -0.2) is 49.0 Å². The van der Waals surface area contributed by atoms with E-state index in [0.717, 1.165) is 17.0 Å². The highest BCUT2D eigenvalue weighted by Gasteiger charge is 2.35. The normalized spacial score (nSPS) is 18.5. The van der Waals surface area contributed by atoms with Crippen LogP contribution in [0.4, 0.5) is 4.39 Å². The van der Waals surface area contributed by atoms with E-state index in [1.54, 1.807) is 9.42 Å². The van der Waals surface area contributed by atoms with Crippen LogP contribution in [0.3, 0.4) is 0 Å². The summed E-state index contributed by atoms with van der Waals surface area (Å²) >= 11 is 6.32. The first-order valence-electron chi connectivity index (χ1n) is 11.7. The van der Waals surface area contributed by atoms with E-state index in [2.05, 4.69) is 10.1 Å². The predicted octanol–water partition coefficient (Wildman–Crippen LogP) is 4.43. The summed E-state index contributed by atoms with van der Waals surface area (Å²) in [6.45, 7) is 4.21. The van der Waals surface area contributed by atoms with Crippen LogP contribution in [0.2, 0.25) is 5.02 Å². The fourth-order valence-electron chi connectivity index (χ4n) is 4.86. The van der Waals surface area contributed by atoms with Crippen LogP contribution < -0.4 is 4.74 Å². The number of benzene rings is 1. The van der Waals surface area contributed by atoms with E-state index >= 15 is 0 Å². The maximum atomic E-state index is 14.0. The monoisotopic (exact) mass is 516 g/mol. The highest BCUT2D eigenvalue weighted by atomic mass is 35.5. The summed E-state index contributed by atoms with van der Waals surface area (Å²) in [4.78, 5) is 31.4. The number of nitrogens with zero attached hydrogens (tertiary/aromatic N) is 4. The number of carbonyl (C=O) groups is 2. The molecule has 1 aromatic carbocycles. The first-order chi connectivity index (χ1) is 16.7. The molecule has 1 aliphatic carbocycles. The van der Waals surface area contributed by atoms with Gasteiger partial charge in [0, 0.05) is 31.1 Å². The highest BCUT2D eigenvalue weighted by molar-refractivity contribution is 6.31. The van der Waals surface area contributed by atoms with Crippen molar-refractivity contribution in [3.8, 4) is 5.75 Å². The van der Waals surface area contributed by atoms with Crippen LogP contribution in [-0.2, 0) is 17.9 Å². The summed E-state index contributed by atoms with van der Waals surface area (Å²) in [5.74, 6) is -0.341. The minimum absolute atomic E-state index is 0. The van der Waals surface area contributed by atoms with Crippen molar-refractivity contribution in [3.63, 3.8) is 0 Å². The minimum atomic E-state index is -0.486. The first-order valence-corrected chi connectivity index (χ1v) is 12.0. The Labute approximate surface area is 214 Å². The quantitative estimate of drug-likeness (QED) is 0.499. The zero-order valence-corrected chi connectivity index (χ0v) is 20.3. The van der Waals surface area contributed by atoms with Gasteiger partial charge in [-0.25, -0.2) is 13.9 Å². The number of carbonyl (C=O) groups excluding carboxylic acids is 2. The van der Waals surface area contributed by atoms with Crippen molar-refractivity contribution in [1.82, 2.24) is 19.5 Å². The number of rotatable bonds is 7. The van der Waals surface area contributed by atoms with E-state index in [-0.39, 0.29) is 55.5 Å². The third-order valence-corrected chi connectivity index (χ3v) is 7.36. The lowest BCUT2D eigenvalue weighted by atomic mass is 9.78. The lowest BCUT2D eigenvalue weighted by Gasteiger charge is -2.35. The smallest absolute Gasteiger partial charge is 0.258 e. The molecule has 0 spiro atoms. The highest BCUT2D eigenvalue weighted by Crippen LogP contribution is 2.36. The van der Waals surface area contributed by atoms with Crippen LogP contribution in [0.15, 0.2) is 18.2 Å². The number of fused-ring (bicyclic) bond motifs is 3. The molecule has 2 aromatic heterocycles. The second-order valence-corrected chi connectivity index (χ2v) is 9.73. The fraction of sp³-hybridized carbons (Fsp3) is 0.462. The van der Waals surface area contributed by atoms with Gasteiger partial charge in [0.25, 0.3) is 5.91 Å². The molecule has 5 rings (SSSR count). The van der Waals surface area contributed by atoms with Gasteiger partial charge in [0.2, 0.25) is 0 Å². The maximum absolute atomic E-state index is 14.0. The van der Waals surface area contributed by atoms with Crippen molar-refractivity contribution in [2.45, 2.75) is 66.2 Å². The summed E-state index contributed by atoms with van der Waals surface area (Å²) in [6.07, 6.45) is 1.69. The van der Waals surface area contributed by atoms with Crippen molar-refractivity contribution in [2.75, 3.05) is 6.61 Å². The number of aryl methyl sites for hydroxylation is 2. The molecule has 1 N–H and O–H groups in total. The van der Waals surface area contributed by atoms with Crippen molar-refractivity contribution < 1.29 is 23.8 Å². The molecule has 1 amide bonds. The second-order valence-electron chi connectivity index (χ2n) is 9.35. The number of aromatic nitrogens is 3. The summed E-state index contributed by atoms with van der Waals surface area (Å²) in [5.41, 5.74) is 4.11. The summed E-state index contributed by atoms with van der Waals surface area (Å²) in [5, 5.41) is 14.1. The maximum Gasteiger partial charge on any atom is 0.258 e. The number of halogens is 2. The van der Waals surface area contributed by atoms with E-state index in [1.165, 1.54) is 18.2 Å². The number of hydrogen-bond donors (Lipinski definition) is 1. The van der Waals surface area contributed by atoms with Gasteiger partial charge in [-0.1, -0.05) is 19.0 Å². The second kappa shape index (κ2) is 10.1. The Balaban J connectivity index is 0.00000304. The third-order valence-electron chi connectivity index (χ3n) is 6.81. The molecule has 0 saturated heterocycles. The van der Waals surface area contributed by atoms with Crippen LogP contribution in [0, 0.1) is 25.6 Å². The van der Waals surface area contributed by atoms with Gasteiger partial charge >= 0.3 is 0 Å². The average molecular weight is 517 g/mol. The van der Waals surface area contributed by atoms with Crippen molar-refractivity contribution in [2.24, 2.45) is 5.92 Å². The topological polar surface area (TPSA) is 97.0 Å². The molecule has 10 heteroatoms. The summed E-state index contributed by atoms with van der Waals surface area (Å²) < 4.78 is 21.7. The molecule has 1 aliphatic heterocycles. The Bertz CT molecular complexity index is 1340. The number of aliphatic hydroxyl groups is 1. The van der Waals surface area contributed by atoms with Gasteiger partial charge in [0.15, 0.2) is 5.65 Å². The third kappa shape index (κ3) is 4.69. The van der Waals surface area contributed by atoms with E-state index < -0.39 is 5.82 Å². The van der Waals surface area contributed by atoms with Crippen molar-refractivity contribution >= 4 is 28.9 Å². The Morgan fingerprint density at radius 3 is 2.72 bits per heavy atom. The van der Waals surface area contributed by atoms with Gasteiger partial charge in [0.05, 0.1) is 46.9 Å². The largest absolute Gasteiger partial charge is 0.489 e. The molecule has 2 aliphatic rings. The van der Waals surface area contributed by atoms with Crippen molar-refractivity contribution in [3.05, 3.63) is 57.2 Å². The molecular formula is C26H30ClFN4O4. The Morgan fingerprint density at radius 2 is 2.00 bits per heavy atom. The molecule has 0 bridgehead atoms. The van der Waals surface area contributed by atoms with E-state index in [4.69, 9.17) is 21.4 Å². The predicted molar refractivity (Wildman–Crippen MR) is 133 cm³/mol. The average Bonchev–Trinajstić information content (AvgIpc) is 3.35. The molecular weight excluding hydrogens is 487 g/mol. The van der Waals surface area contributed by atoms with Crippen LogP contribution in [0.5, 0.6) is 5.75 Å². The van der Waals surface area contributed by atoms with Gasteiger partial charge in [-0.05, 0) is 44.7 Å². The molecule has 0 unspecified atom stereocenters. The molecule has 36 heavy (non-hydrogen) atoms. The number of amides is 1. The van der Waals surface area contributed by atoms with Crippen LogP contribution in [0.1, 0.15) is 66.1 Å². The summed E-state index contributed by atoms with van der Waals surface area (Å²) in [6, 6.07) is 3.93. The molecule has 192 valence electrons. The number of ketones is 1. The van der Waals surface area contributed by atoms with E-state index in [1.807, 2.05) is 13.8 Å². The SMILES string of the molecule is C.Cc1nc2c3c(nn2c(C)c1Cl)CN(C(=O)c1ccc(F)cc1OC1CC(CC(=O)CCO)C1)C3. The zero-order chi connectivity index (χ0) is 24.9.